The zero-order valence-corrected chi connectivity index (χ0v) is 11.5. The topological polar surface area (TPSA) is 29.3 Å². The van der Waals surface area contributed by atoms with Crippen LogP contribution in [0.15, 0.2) is 30.3 Å². The standard InChI is InChI=1S/C13H15ClN2S/c1-9-7-10(3-5-12(9)15)16(2)8-11-4-6-13(14)17-11/h3-7H,8,15H2,1-2H3. The molecule has 90 valence electrons. The molecule has 0 fully saturated rings. The third kappa shape index (κ3) is 2.93. The van der Waals surface area contributed by atoms with Crippen LogP contribution in [0, 0.1) is 6.92 Å². The average molecular weight is 267 g/mol. The van der Waals surface area contributed by atoms with Gasteiger partial charge >= 0.3 is 0 Å². The van der Waals surface area contributed by atoms with Crippen molar-refractivity contribution >= 4 is 34.3 Å². The maximum atomic E-state index is 5.92. The number of halogens is 1. The summed E-state index contributed by atoms with van der Waals surface area (Å²) in [6, 6.07) is 10.1. The molecule has 2 rings (SSSR count). The molecule has 0 aliphatic heterocycles. The molecule has 0 saturated carbocycles. The molecule has 1 aromatic carbocycles. The molecule has 0 radical (unpaired) electrons. The van der Waals surface area contributed by atoms with E-state index >= 15 is 0 Å². The van der Waals surface area contributed by atoms with Crippen LogP contribution in [-0.4, -0.2) is 7.05 Å². The van der Waals surface area contributed by atoms with Gasteiger partial charge in [-0.05, 0) is 42.8 Å². The van der Waals surface area contributed by atoms with E-state index in [1.165, 1.54) is 10.6 Å². The second-order valence-corrected chi connectivity index (χ2v) is 5.90. The van der Waals surface area contributed by atoms with E-state index in [0.717, 1.165) is 22.1 Å². The van der Waals surface area contributed by atoms with E-state index in [-0.39, 0.29) is 0 Å². The van der Waals surface area contributed by atoms with Gasteiger partial charge in [-0.2, -0.15) is 0 Å². The highest BCUT2D eigenvalue weighted by atomic mass is 35.5. The first-order valence-electron chi connectivity index (χ1n) is 5.38. The molecule has 0 atom stereocenters. The molecule has 0 unspecified atom stereocenters. The molecule has 0 spiro atoms. The van der Waals surface area contributed by atoms with Crippen LogP contribution < -0.4 is 10.6 Å². The number of nitrogens with two attached hydrogens (primary N) is 1. The van der Waals surface area contributed by atoms with Gasteiger partial charge in [0, 0.05) is 23.3 Å². The molecule has 17 heavy (non-hydrogen) atoms. The van der Waals surface area contributed by atoms with Gasteiger partial charge in [0.2, 0.25) is 0 Å². The van der Waals surface area contributed by atoms with Gasteiger partial charge in [0.25, 0.3) is 0 Å². The Morgan fingerprint density at radius 2 is 2.06 bits per heavy atom. The highest BCUT2D eigenvalue weighted by Gasteiger charge is 2.05. The summed E-state index contributed by atoms with van der Waals surface area (Å²) in [6.07, 6.45) is 0. The van der Waals surface area contributed by atoms with E-state index in [2.05, 4.69) is 24.1 Å². The lowest BCUT2D eigenvalue weighted by molar-refractivity contribution is 0.939. The summed E-state index contributed by atoms with van der Waals surface area (Å²) >= 11 is 7.54. The molecule has 0 aliphatic carbocycles. The molecule has 0 amide bonds. The Hall–Kier alpha value is -1.19. The Bertz CT molecular complexity index is 522. The van der Waals surface area contributed by atoms with Gasteiger partial charge in [-0.25, -0.2) is 0 Å². The molecule has 0 saturated heterocycles. The lowest BCUT2D eigenvalue weighted by Gasteiger charge is -2.19. The molecule has 0 aliphatic rings. The average Bonchev–Trinajstić information content (AvgIpc) is 2.68. The molecular formula is C13H15ClN2S. The number of rotatable bonds is 3. The van der Waals surface area contributed by atoms with Crippen LogP contribution in [0.1, 0.15) is 10.4 Å². The third-order valence-electron chi connectivity index (χ3n) is 2.72. The first-order valence-corrected chi connectivity index (χ1v) is 6.57. The van der Waals surface area contributed by atoms with Crippen molar-refractivity contribution in [2.45, 2.75) is 13.5 Å². The Balaban J connectivity index is 2.14. The van der Waals surface area contributed by atoms with Gasteiger partial charge in [-0.15, -0.1) is 11.3 Å². The van der Waals surface area contributed by atoms with E-state index in [4.69, 9.17) is 17.3 Å². The third-order valence-corrected chi connectivity index (χ3v) is 3.93. The summed E-state index contributed by atoms with van der Waals surface area (Å²) in [5, 5.41) is 0. The predicted molar refractivity (Wildman–Crippen MR) is 77.0 cm³/mol. The van der Waals surface area contributed by atoms with Crippen LogP contribution in [0.3, 0.4) is 0 Å². The van der Waals surface area contributed by atoms with E-state index in [0.29, 0.717) is 0 Å². The summed E-state index contributed by atoms with van der Waals surface area (Å²) in [4.78, 5) is 3.45. The molecule has 1 heterocycles. The number of nitrogen functional groups attached to an aromatic ring is 1. The number of hydrogen-bond donors (Lipinski definition) is 1. The number of nitrogens with zero attached hydrogens (tertiary/aromatic N) is 1. The smallest absolute Gasteiger partial charge is 0.0931 e. The summed E-state index contributed by atoms with van der Waals surface area (Å²) in [5.74, 6) is 0. The Kier molecular flexibility index (Phi) is 3.60. The van der Waals surface area contributed by atoms with Gasteiger partial charge in [0.15, 0.2) is 0 Å². The molecule has 2 aromatic rings. The predicted octanol–water partition coefficient (Wildman–Crippen LogP) is 3.93. The van der Waals surface area contributed by atoms with Crippen LogP contribution >= 0.6 is 22.9 Å². The van der Waals surface area contributed by atoms with Crippen molar-refractivity contribution in [2.24, 2.45) is 0 Å². The number of aryl methyl sites for hydroxylation is 1. The Morgan fingerprint density at radius 3 is 2.65 bits per heavy atom. The highest BCUT2D eigenvalue weighted by Crippen LogP contribution is 2.25. The number of hydrogen-bond acceptors (Lipinski definition) is 3. The fraction of sp³-hybridized carbons (Fsp3) is 0.231. The van der Waals surface area contributed by atoms with Crippen LogP contribution in [-0.2, 0) is 6.54 Å². The number of benzene rings is 1. The SMILES string of the molecule is Cc1cc(N(C)Cc2ccc(Cl)s2)ccc1N. The molecule has 4 heteroatoms. The Morgan fingerprint density at radius 1 is 1.29 bits per heavy atom. The van der Waals surface area contributed by atoms with Crippen molar-refractivity contribution in [3.8, 4) is 0 Å². The van der Waals surface area contributed by atoms with Crippen LogP contribution in [0.2, 0.25) is 4.34 Å². The monoisotopic (exact) mass is 266 g/mol. The highest BCUT2D eigenvalue weighted by molar-refractivity contribution is 7.16. The second-order valence-electron chi connectivity index (χ2n) is 4.10. The van der Waals surface area contributed by atoms with Crippen molar-refractivity contribution < 1.29 is 0 Å². The maximum Gasteiger partial charge on any atom is 0.0931 e. The minimum atomic E-state index is 0.835. The van der Waals surface area contributed by atoms with Crippen molar-refractivity contribution in [1.29, 1.82) is 0 Å². The summed E-state index contributed by atoms with van der Waals surface area (Å²) in [6.45, 7) is 2.88. The van der Waals surface area contributed by atoms with Gasteiger partial charge in [0.05, 0.1) is 10.9 Å². The molecular weight excluding hydrogens is 252 g/mol. The first kappa shape index (κ1) is 12.3. The van der Waals surface area contributed by atoms with Crippen molar-refractivity contribution in [3.63, 3.8) is 0 Å². The molecule has 2 N–H and O–H groups in total. The van der Waals surface area contributed by atoms with Crippen molar-refractivity contribution in [3.05, 3.63) is 45.1 Å². The van der Waals surface area contributed by atoms with Gasteiger partial charge in [-0.1, -0.05) is 11.6 Å². The molecule has 2 nitrogen and oxygen atoms in total. The van der Waals surface area contributed by atoms with Crippen molar-refractivity contribution in [1.82, 2.24) is 0 Å². The lowest BCUT2D eigenvalue weighted by Crippen LogP contribution is -2.15. The first-order chi connectivity index (χ1) is 8.06. The fourth-order valence-electron chi connectivity index (χ4n) is 1.66. The lowest BCUT2D eigenvalue weighted by atomic mass is 10.1. The van der Waals surface area contributed by atoms with E-state index in [1.807, 2.05) is 25.1 Å². The number of anilines is 2. The van der Waals surface area contributed by atoms with Crippen molar-refractivity contribution in [2.75, 3.05) is 17.7 Å². The van der Waals surface area contributed by atoms with Gasteiger partial charge < -0.3 is 10.6 Å². The summed E-state index contributed by atoms with van der Waals surface area (Å²) in [7, 11) is 2.07. The number of thiophene rings is 1. The van der Waals surface area contributed by atoms with E-state index < -0.39 is 0 Å². The largest absolute Gasteiger partial charge is 0.399 e. The molecule has 0 bridgehead atoms. The summed E-state index contributed by atoms with van der Waals surface area (Å²) < 4.78 is 0.835. The fourth-order valence-corrected chi connectivity index (χ4v) is 2.80. The second kappa shape index (κ2) is 4.98. The summed E-state index contributed by atoms with van der Waals surface area (Å²) in [5.41, 5.74) is 8.92. The maximum absolute atomic E-state index is 5.92. The Labute approximate surface area is 111 Å². The van der Waals surface area contributed by atoms with Crippen LogP contribution in [0.5, 0.6) is 0 Å². The van der Waals surface area contributed by atoms with Crippen LogP contribution in [0.4, 0.5) is 11.4 Å². The van der Waals surface area contributed by atoms with Gasteiger partial charge in [0.1, 0.15) is 0 Å². The van der Waals surface area contributed by atoms with E-state index in [9.17, 15) is 0 Å². The van der Waals surface area contributed by atoms with Gasteiger partial charge in [-0.3, -0.25) is 0 Å². The quantitative estimate of drug-likeness (QED) is 0.853. The van der Waals surface area contributed by atoms with Crippen LogP contribution in [0.25, 0.3) is 0 Å². The molecule has 1 aromatic heterocycles. The van der Waals surface area contributed by atoms with E-state index in [1.54, 1.807) is 11.3 Å². The minimum absolute atomic E-state index is 0.835. The zero-order chi connectivity index (χ0) is 12.4. The minimum Gasteiger partial charge on any atom is -0.399 e. The normalized spacial score (nSPS) is 10.5. The zero-order valence-electron chi connectivity index (χ0n) is 9.90.